The first-order chi connectivity index (χ1) is 8.11. The van der Waals surface area contributed by atoms with Crippen molar-refractivity contribution in [1.29, 1.82) is 0 Å². The first-order valence-electron chi connectivity index (χ1n) is 5.17. The molecule has 17 heavy (non-hydrogen) atoms. The van der Waals surface area contributed by atoms with E-state index in [1.807, 2.05) is 12.1 Å². The van der Waals surface area contributed by atoms with Crippen LogP contribution in [0.5, 0.6) is 5.75 Å². The monoisotopic (exact) mass is 348 g/mol. The SMILES string of the molecule is CCOC(=O)CC(=O)COc1ccc(I)cc1. The molecule has 4 nitrogen and oxygen atoms in total. The summed E-state index contributed by atoms with van der Waals surface area (Å²) in [6.45, 7) is 1.87. The lowest BCUT2D eigenvalue weighted by atomic mass is 10.3. The molecule has 0 aliphatic carbocycles. The Hall–Kier alpha value is -1.11. The van der Waals surface area contributed by atoms with Crippen LogP contribution in [-0.4, -0.2) is 25.0 Å². The van der Waals surface area contributed by atoms with Crippen LogP contribution in [0.3, 0.4) is 0 Å². The maximum Gasteiger partial charge on any atom is 0.313 e. The normalized spacial score (nSPS) is 9.76. The van der Waals surface area contributed by atoms with Crippen LogP contribution in [0.4, 0.5) is 0 Å². The van der Waals surface area contributed by atoms with E-state index >= 15 is 0 Å². The third-order valence-corrected chi connectivity index (χ3v) is 2.58. The summed E-state index contributed by atoms with van der Waals surface area (Å²) in [5.74, 6) is -0.187. The summed E-state index contributed by atoms with van der Waals surface area (Å²) in [7, 11) is 0. The second-order valence-corrected chi connectivity index (χ2v) is 4.51. The minimum absolute atomic E-state index is 0.112. The number of esters is 1. The van der Waals surface area contributed by atoms with E-state index in [1.54, 1.807) is 19.1 Å². The molecule has 0 aliphatic heterocycles. The molecule has 0 fully saturated rings. The lowest BCUT2D eigenvalue weighted by Gasteiger charge is -2.05. The van der Waals surface area contributed by atoms with Gasteiger partial charge in [0.15, 0.2) is 5.78 Å². The average Bonchev–Trinajstić information content (AvgIpc) is 2.28. The predicted octanol–water partition coefficient (Wildman–Crippen LogP) is 2.19. The van der Waals surface area contributed by atoms with Gasteiger partial charge < -0.3 is 9.47 Å². The minimum Gasteiger partial charge on any atom is -0.486 e. The molecule has 1 aromatic rings. The molecule has 0 saturated heterocycles. The lowest BCUT2D eigenvalue weighted by molar-refractivity contribution is -0.145. The lowest BCUT2D eigenvalue weighted by Crippen LogP contribution is -2.17. The van der Waals surface area contributed by atoms with Crippen LogP contribution in [0.15, 0.2) is 24.3 Å². The Balaban J connectivity index is 2.33. The van der Waals surface area contributed by atoms with Gasteiger partial charge in [0.2, 0.25) is 0 Å². The van der Waals surface area contributed by atoms with Gasteiger partial charge in [0.25, 0.3) is 0 Å². The Morgan fingerprint density at radius 2 is 1.88 bits per heavy atom. The van der Waals surface area contributed by atoms with E-state index < -0.39 is 5.97 Å². The summed E-state index contributed by atoms with van der Waals surface area (Å²) in [5.41, 5.74) is 0. The number of Topliss-reactive ketones (excluding diaryl/α,β-unsaturated/α-hetero) is 1. The summed E-state index contributed by atoms with van der Waals surface area (Å²) < 4.78 is 11.0. The van der Waals surface area contributed by atoms with Gasteiger partial charge in [-0.05, 0) is 53.8 Å². The molecule has 0 heterocycles. The zero-order valence-electron chi connectivity index (χ0n) is 9.44. The summed E-state index contributed by atoms with van der Waals surface area (Å²) >= 11 is 2.18. The molecule has 0 aliphatic rings. The number of carbonyl (C=O) groups is 2. The largest absolute Gasteiger partial charge is 0.486 e. The minimum atomic E-state index is -0.510. The second kappa shape index (κ2) is 7.26. The number of carbonyl (C=O) groups excluding carboxylic acids is 2. The predicted molar refractivity (Wildman–Crippen MR) is 70.9 cm³/mol. The van der Waals surface area contributed by atoms with Crippen LogP contribution in [0.1, 0.15) is 13.3 Å². The number of benzene rings is 1. The van der Waals surface area contributed by atoms with Crippen LogP contribution >= 0.6 is 22.6 Å². The maximum absolute atomic E-state index is 11.3. The molecule has 0 bridgehead atoms. The number of halogens is 1. The topological polar surface area (TPSA) is 52.6 Å². The van der Waals surface area contributed by atoms with Gasteiger partial charge in [0.05, 0.1) is 6.61 Å². The van der Waals surface area contributed by atoms with E-state index in [-0.39, 0.29) is 25.4 Å². The van der Waals surface area contributed by atoms with Crippen LogP contribution in [-0.2, 0) is 14.3 Å². The Morgan fingerprint density at radius 3 is 2.47 bits per heavy atom. The highest BCUT2D eigenvalue weighted by atomic mass is 127. The van der Waals surface area contributed by atoms with Crippen molar-refractivity contribution in [3.8, 4) is 5.75 Å². The maximum atomic E-state index is 11.3. The van der Waals surface area contributed by atoms with Gasteiger partial charge in [-0.25, -0.2) is 0 Å². The number of ketones is 1. The first kappa shape index (κ1) is 14.0. The third-order valence-electron chi connectivity index (χ3n) is 1.86. The van der Waals surface area contributed by atoms with Crippen LogP contribution in [0, 0.1) is 3.57 Å². The van der Waals surface area contributed by atoms with Crippen molar-refractivity contribution >= 4 is 34.3 Å². The zero-order valence-corrected chi connectivity index (χ0v) is 11.6. The quantitative estimate of drug-likeness (QED) is 0.449. The van der Waals surface area contributed by atoms with Gasteiger partial charge in [0, 0.05) is 3.57 Å². The Labute approximate surface area is 113 Å². The van der Waals surface area contributed by atoms with Gasteiger partial charge in [-0.1, -0.05) is 0 Å². The van der Waals surface area contributed by atoms with Crippen molar-refractivity contribution in [2.75, 3.05) is 13.2 Å². The zero-order chi connectivity index (χ0) is 12.7. The van der Waals surface area contributed by atoms with Crippen molar-refractivity contribution in [2.24, 2.45) is 0 Å². The molecule has 92 valence electrons. The van der Waals surface area contributed by atoms with Gasteiger partial charge in [-0.3, -0.25) is 9.59 Å². The van der Waals surface area contributed by atoms with Gasteiger partial charge >= 0.3 is 5.97 Å². The highest BCUT2D eigenvalue weighted by Gasteiger charge is 2.10. The number of rotatable bonds is 6. The molecule has 0 N–H and O–H groups in total. The molecule has 0 unspecified atom stereocenters. The molecule has 0 radical (unpaired) electrons. The average molecular weight is 348 g/mol. The van der Waals surface area contributed by atoms with Crippen molar-refractivity contribution < 1.29 is 19.1 Å². The van der Waals surface area contributed by atoms with Crippen molar-refractivity contribution in [2.45, 2.75) is 13.3 Å². The van der Waals surface area contributed by atoms with E-state index in [4.69, 9.17) is 4.74 Å². The van der Waals surface area contributed by atoms with Gasteiger partial charge in [-0.2, -0.15) is 0 Å². The summed E-state index contributed by atoms with van der Waals surface area (Å²) in [6, 6.07) is 7.32. The molecule has 0 atom stereocenters. The number of hydrogen-bond acceptors (Lipinski definition) is 4. The Kier molecular flexibility index (Phi) is 5.96. The van der Waals surface area contributed by atoms with Gasteiger partial charge in [-0.15, -0.1) is 0 Å². The second-order valence-electron chi connectivity index (χ2n) is 3.26. The molecule has 0 spiro atoms. The van der Waals surface area contributed by atoms with E-state index in [2.05, 4.69) is 27.3 Å². The highest BCUT2D eigenvalue weighted by Crippen LogP contribution is 2.13. The van der Waals surface area contributed by atoms with E-state index in [9.17, 15) is 9.59 Å². The summed E-state index contributed by atoms with van der Waals surface area (Å²) in [6.07, 6.45) is -0.238. The summed E-state index contributed by atoms with van der Waals surface area (Å²) in [5, 5.41) is 0. The van der Waals surface area contributed by atoms with Crippen LogP contribution in [0.25, 0.3) is 0 Å². The molecular weight excluding hydrogens is 335 g/mol. The van der Waals surface area contributed by atoms with Crippen LogP contribution in [0.2, 0.25) is 0 Å². The van der Waals surface area contributed by atoms with E-state index in [0.717, 1.165) is 3.57 Å². The fourth-order valence-electron chi connectivity index (χ4n) is 1.12. The molecule has 1 rings (SSSR count). The third kappa shape index (κ3) is 5.67. The highest BCUT2D eigenvalue weighted by molar-refractivity contribution is 14.1. The molecule has 5 heteroatoms. The van der Waals surface area contributed by atoms with Crippen molar-refractivity contribution in [3.05, 3.63) is 27.8 Å². The summed E-state index contributed by atoms with van der Waals surface area (Å²) in [4.78, 5) is 22.4. The van der Waals surface area contributed by atoms with Crippen molar-refractivity contribution in [3.63, 3.8) is 0 Å². The molecule has 1 aromatic carbocycles. The van der Waals surface area contributed by atoms with E-state index in [0.29, 0.717) is 5.75 Å². The number of ether oxygens (including phenoxy) is 2. The molecule has 0 saturated carbocycles. The molecular formula is C12H13IO4. The van der Waals surface area contributed by atoms with Gasteiger partial charge in [0.1, 0.15) is 18.8 Å². The van der Waals surface area contributed by atoms with Crippen LogP contribution < -0.4 is 4.74 Å². The van der Waals surface area contributed by atoms with Crippen molar-refractivity contribution in [1.82, 2.24) is 0 Å². The number of hydrogen-bond donors (Lipinski definition) is 0. The smallest absolute Gasteiger partial charge is 0.313 e. The fraction of sp³-hybridized carbons (Fsp3) is 0.333. The Bertz CT molecular complexity index is 386. The first-order valence-corrected chi connectivity index (χ1v) is 6.25. The Morgan fingerprint density at radius 1 is 1.24 bits per heavy atom. The standard InChI is InChI=1S/C12H13IO4/c1-2-16-12(15)7-10(14)8-17-11-5-3-9(13)4-6-11/h3-6H,2,7-8H2,1H3. The molecule has 0 amide bonds. The fourth-order valence-corrected chi connectivity index (χ4v) is 1.48. The van der Waals surface area contributed by atoms with E-state index in [1.165, 1.54) is 0 Å². The molecule has 0 aromatic heterocycles.